The lowest BCUT2D eigenvalue weighted by atomic mass is 10.3. The molecule has 0 saturated carbocycles. The fourth-order valence-electron chi connectivity index (χ4n) is 1.43. The van der Waals surface area contributed by atoms with E-state index in [2.05, 4.69) is 25.9 Å². The van der Waals surface area contributed by atoms with Crippen LogP contribution in [0.25, 0.3) is 0 Å². The van der Waals surface area contributed by atoms with Crippen LogP contribution in [-0.4, -0.2) is 17.0 Å². The fraction of sp³-hybridized carbons (Fsp3) is 0.167. The molecule has 2 aromatic heterocycles. The van der Waals surface area contributed by atoms with Gasteiger partial charge in [0, 0.05) is 19.4 Å². The number of rotatable bonds is 2. The maximum absolute atomic E-state index is 4.37. The standard InChI is InChI=1S/C12H12BrN3/c1-9-5-7-15-12(11(9)13)16(2)10-4-3-6-14-8-10/h3-8H,1-2H3. The van der Waals surface area contributed by atoms with E-state index in [0.29, 0.717) is 0 Å². The summed E-state index contributed by atoms with van der Waals surface area (Å²) in [6, 6.07) is 5.89. The van der Waals surface area contributed by atoms with E-state index in [9.17, 15) is 0 Å². The van der Waals surface area contributed by atoms with Gasteiger partial charge in [-0.05, 0) is 46.6 Å². The molecule has 0 aromatic carbocycles. The molecule has 0 amide bonds. The second kappa shape index (κ2) is 4.61. The Hall–Kier alpha value is -1.42. The highest BCUT2D eigenvalue weighted by molar-refractivity contribution is 9.10. The van der Waals surface area contributed by atoms with Crippen LogP contribution in [0.4, 0.5) is 11.5 Å². The molecule has 2 aromatic rings. The lowest BCUT2D eigenvalue weighted by Crippen LogP contribution is -2.12. The fourth-order valence-corrected chi connectivity index (χ4v) is 1.93. The van der Waals surface area contributed by atoms with Crippen molar-refractivity contribution in [2.75, 3.05) is 11.9 Å². The molecule has 16 heavy (non-hydrogen) atoms. The van der Waals surface area contributed by atoms with E-state index in [0.717, 1.165) is 16.0 Å². The summed E-state index contributed by atoms with van der Waals surface area (Å²) in [6.07, 6.45) is 5.38. The first-order valence-corrected chi connectivity index (χ1v) is 5.74. The third kappa shape index (κ3) is 2.07. The molecule has 3 nitrogen and oxygen atoms in total. The predicted molar refractivity (Wildman–Crippen MR) is 69.0 cm³/mol. The summed E-state index contributed by atoms with van der Waals surface area (Å²) in [7, 11) is 1.98. The van der Waals surface area contributed by atoms with Crippen LogP contribution in [0.3, 0.4) is 0 Å². The summed E-state index contributed by atoms with van der Waals surface area (Å²) in [6.45, 7) is 2.05. The Kier molecular flexibility index (Phi) is 3.19. The van der Waals surface area contributed by atoms with Crippen LogP contribution in [0.15, 0.2) is 41.3 Å². The monoisotopic (exact) mass is 277 g/mol. The van der Waals surface area contributed by atoms with Crippen LogP contribution in [0.2, 0.25) is 0 Å². The van der Waals surface area contributed by atoms with E-state index in [1.165, 1.54) is 5.56 Å². The maximum Gasteiger partial charge on any atom is 0.147 e. The molecule has 0 atom stereocenters. The van der Waals surface area contributed by atoms with Crippen molar-refractivity contribution in [1.82, 2.24) is 9.97 Å². The summed E-state index contributed by atoms with van der Waals surface area (Å²) in [4.78, 5) is 10.5. The van der Waals surface area contributed by atoms with Gasteiger partial charge in [0.15, 0.2) is 0 Å². The van der Waals surface area contributed by atoms with Crippen molar-refractivity contribution < 1.29 is 0 Å². The summed E-state index contributed by atoms with van der Waals surface area (Å²) < 4.78 is 1.02. The van der Waals surface area contributed by atoms with Gasteiger partial charge >= 0.3 is 0 Å². The molecular weight excluding hydrogens is 266 g/mol. The molecule has 0 N–H and O–H groups in total. The molecule has 82 valence electrons. The second-order valence-corrected chi connectivity index (χ2v) is 4.33. The first-order chi connectivity index (χ1) is 7.70. The molecule has 0 saturated heterocycles. The zero-order chi connectivity index (χ0) is 11.5. The minimum absolute atomic E-state index is 0.896. The number of aromatic nitrogens is 2. The smallest absolute Gasteiger partial charge is 0.147 e. The van der Waals surface area contributed by atoms with Gasteiger partial charge in [0.05, 0.1) is 16.4 Å². The summed E-state index contributed by atoms with van der Waals surface area (Å²) >= 11 is 3.55. The van der Waals surface area contributed by atoms with Crippen LogP contribution in [0.5, 0.6) is 0 Å². The van der Waals surface area contributed by atoms with Crippen LogP contribution in [0.1, 0.15) is 5.56 Å². The van der Waals surface area contributed by atoms with E-state index in [-0.39, 0.29) is 0 Å². The average Bonchev–Trinajstić information content (AvgIpc) is 2.33. The van der Waals surface area contributed by atoms with Gasteiger partial charge in [-0.3, -0.25) is 4.98 Å². The normalized spacial score (nSPS) is 10.2. The topological polar surface area (TPSA) is 29.0 Å². The molecule has 0 unspecified atom stereocenters. The summed E-state index contributed by atoms with van der Waals surface area (Å²) in [5.41, 5.74) is 2.18. The number of pyridine rings is 2. The Bertz CT molecular complexity index is 485. The Morgan fingerprint density at radius 2 is 2.06 bits per heavy atom. The van der Waals surface area contributed by atoms with Crippen molar-refractivity contribution in [2.24, 2.45) is 0 Å². The molecule has 0 spiro atoms. The Balaban J connectivity index is 2.42. The molecule has 0 bridgehead atoms. The minimum atomic E-state index is 0.896. The van der Waals surface area contributed by atoms with Crippen molar-refractivity contribution in [3.05, 3.63) is 46.8 Å². The van der Waals surface area contributed by atoms with Gasteiger partial charge in [0.1, 0.15) is 5.82 Å². The van der Waals surface area contributed by atoms with Crippen molar-refractivity contribution >= 4 is 27.4 Å². The van der Waals surface area contributed by atoms with Gasteiger partial charge in [-0.2, -0.15) is 0 Å². The van der Waals surface area contributed by atoms with E-state index >= 15 is 0 Å². The van der Waals surface area contributed by atoms with Crippen molar-refractivity contribution in [3.63, 3.8) is 0 Å². The Labute approximate surface area is 103 Å². The van der Waals surface area contributed by atoms with Gasteiger partial charge < -0.3 is 4.90 Å². The number of aryl methyl sites for hydroxylation is 1. The number of hydrogen-bond donors (Lipinski definition) is 0. The van der Waals surface area contributed by atoms with Crippen molar-refractivity contribution in [3.8, 4) is 0 Å². The Morgan fingerprint density at radius 1 is 1.25 bits per heavy atom. The molecule has 2 heterocycles. The second-order valence-electron chi connectivity index (χ2n) is 3.54. The highest BCUT2D eigenvalue weighted by Crippen LogP contribution is 2.30. The van der Waals surface area contributed by atoms with Crippen molar-refractivity contribution in [2.45, 2.75) is 6.92 Å². The highest BCUT2D eigenvalue weighted by atomic mass is 79.9. The maximum atomic E-state index is 4.37. The quantitative estimate of drug-likeness (QED) is 0.843. The van der Waals surface area contributed by atoms with Crippen LogP contribution < -0.4 is 4.90 Å². The van der Waals surface area contributed by atoms with Gasteiger partial charge in [-0.1, -0.05) is 0 Å². The van der Waals surface area contributed by atoms with Gasteiger partial charge in [-0.25, -0.2) is 4.98 Å². The molecule has 0 aliphatic heterocycles. The van der Waals surface area contributed by atoms with Crippen LogP contribution in [0, 0.1) is 6.92 Å². The predicted octanol–water partition coefficient (Wildman–Crippen LogP) is 3.32. The van der Waals surface area contributed by atoms with E-state index < -0.39 is 0 Å². The van der Waals surface area contributed by atoms with E-state index in [4.69, 9.17) is 0 Å². The van der Waals surface area contributed by atoms with Gasteiger partial charge in [0.2, 0.25) is 0 Å². The lowest BCUT2D eigenvalue weighted by molar-refractivity contribution is 1.09. The number of halogens is 1. The minimum Gasteiger partial charge on any atom is -0.327 e. The van der Waals surface area contributed by atoms with Gasteiger partial charge in [0.25, 0.3) is 0 Å². The highest BCUT2D eigenvalue weighted by Gasteiger charge is 2.10. The van der Waals surface area contributed by atoms with Crippen LogP contribution >= 0.6 is 15.9 Å². The van der Waals surface area contributed by atoms with E-state index in [1.807, 2.05) is 49.5 Å². The molecule has 2 rings (SSSR count). The van der Waals surface area contributed by atoms with Crippen LogP contribution in [-0.2, 0) is 0 Å². The van der Waals surface area contributed by atoms with Crippen molar-refractivity contribution in [1.29, 1.82) is 0 Å². The zero-order valence-electron chi connectivity index (χ0n) is 9.18. The molecule has 4 heteroatoms. The zero-order valence-corrected chi connectivity index (χ0v) is 10.8. The average molecular weight is 278 g/mol. The largest absolute Gasteiger partial charge is 0.327 e. The Morgan fingerprint density at radius 3 is 2.75 bits per heavy atom. The number of anilines is 2. The molecule has 0 aliphatic carbocycles. The SMILES string of the molecule is Cc1ccnc(N(C)c2cccnc2)c1Br. The third-order valence-electron chi connectivity index (χ3n) is 2.41. The molecule has 0 aliphatic rings. The summed E-state index contributed by atoms with van der Waals surface area (Å²) in [5.74, 6) is 0.896. The lowest BCUT2D eigenvalue weighted by Gasteiger charge is -2.19. The molecule has 0 fully saturated rings. The third-order valence-corrected chi connectivity index (χ3v) is 3.39. The first kappa shape index (κ1) is 11.1. The first-order valence-electron chi connectivity index (χ1n) is 4.95. The molecular formula is C12H12BrN3. The van der Waals surface area contributed by atoms with E-state index in [1.54, 1.807) is 6.20 Å². The van der Waals surface area contributed by atoms with Gasteiger partial charge in [-0.15, -0.1) is 0 Å². The summed E-state index contributed by atoms with van der Waals surface area (Å²) in [5, 5.41) is 0. The molecule has 0 radical (unpaired) electrons. The number of hydrogen-bond acceptors (Lipinski definition) is 3. The number of nitrogens with zero attached hydrogens (tertiary/aromatic N) is 3.